The Morgan fingerprint density at radius 3 is 1.22 bits per heavy atom. The molecule has 2 nitrogen and oxygen atoms in total. The minimum atomic E-state index is -8.63. The highest BCUT2D eigenvalue weighted by atomic mass is 35.5. The van der Waals surface area contributed by atoms with E-state index in [1.807, 2.05) is 0 Å². The lowest BCUT2D eigenvalue weighted by atomic mass is 9.89. The van der Waals surface area contributed by atoms with Gasteiger partial charge in [-0.25, -0.2) is 0 Å². The molecule has 37 heavy (non-hydrogen) atoms. The number of nitrogens with one attached hydrogen (secondary N) is 1. The number of carbonyl (C=O) groups is 1. The third kappa shape index (κ3) is 4.56. The molecule has 0 bridgehead atoms. The number of hydrogen-bond acceptors (Lipinski definition) is 1. The first kappa shape index (κ1) is 32.9. The molecule has 0 aliphatic carbocycles. The lowest BCUT2D eigenvalue weighted by Gasteiger charge is -2.42. The number of hydrogen-bond donors (Lipinski definition) is 1. The van der Waals surface area contributed by atoms with E-state index >= 15 is 0 Å². The van der Waals surface area contributed by atoms with E-state index in [1.165, 1.54) is 6.92 Å². The second kappa shape index (κ2) is 8.97. The maximum Gasteiger partial charge on any atom is 0.393 e. The van der Waals surface area contributed by atoms with Crippen molar-refractivity contribution in [3.05, 3.63) is 28.8 Å². The predicted octanol–water partition coefficient (Wildman–Crippen LogP) is 7.83. The predicted molar refractivity (Wildman–Crippen MR) is 94.7 cm³/mol. The fourth-order valence-corrected chi connectivity index (χ4v) is 2.99. The Morgan fingerprint density at radius 2 is 0.892 bits per heavy atom. The summed E-state index contributed by atoms with van der Waals surface area (Å²) in [4.78, 5) is 11.7. The van der Waals surface area contributed by atoms with E-state index in [0.29, 0.717) is 5.56 Å². The standard InChI is InChI=1S/C18H12ClF16NO/c1-6-4-7(2)9(8(3)5-6)36-10(37)11(20,21)12(22,23)13(24,25)14(26,27)15(28,29)16(30,31)17(32,33)18(19,34)35/h4-5H,1-3H3,(H,36,37). The van der Waals surface area contributed by atoms with Crippen molar-refractivity contribution in [2.24, 2.45) is 0 Å². The molecule has 0 aromatic heterocycles. The Hall–Kier alpha value is -2.14. The summed E-state index contributed by atoms with van der Waals surface area (Å²) in [5, 5.41) is -5.89. The van der Waals surface area contributed by atoms with E-state index in [2.05, 4.69) is 11.6 Å². The summed E-state index contributed by atoms with van der Waals surface area (Å²) in [5.74, 6) is -60.5. The minimum absolute atomic E-state index is 0.183. The molecule has 0 radical (unpaired) electrons. The molecule has 1 amide bonds. The van der Waals surface area contributed by atoms with E-state index < -0.39 is 58.4 Å². The lowest BCUT2D eigenvalue weighted by molar-refractivity contribution is -0.445. The molecule has 0 aliphatic rings. The second-order valence-electron chi connectivity index (χ2n) is 7.75. The fourth-order valence-electron chi connectivity index (χ4n) is 2.88. The summed E-state index contributed by atoms with van der Waals surface area (Å²) in [7, 11) is 0. The molecule has 0 spiro atoms. The molecule has 1 N–H and O–H groups in total. The maximum atomic E-state index is 14.1. The van der Waals surface area contributed by atoms with Crippen molar-refractivity contribution < 1.29 is 75.0 Å². The molecule has 0 heterocycles. The van der Waals surface area contributed by atoms with E-state index in [0.717, 1.165) is 31.3 Å². The molecular formula is C18H12ClF16NO. The number of amides is 1. The summed E-state index contributed by atoms with van der Waals surface area (Å²) in [6, 6.07) is 2.24. The van der Waals surface area contributed by atoms with E-state index in [4.69, 9.17) is 0 Å². The van der Waals surface area contributed by atoms with Gasteiger partial charge in [0.25, 0.3) is 0 Å². The average Bonchev–Trinajstić information content (AvgIpc) is 2.68. The molecular weight excluding hydrogens is 586 g/mol. The SMILES string of the molecule is Cc1cc(C)c(NC(=O)C(F)(F)C(F)(F)C(F)(F)C(F)(F)C(F)(F)C(F)(F)C(F)(F)C(F)(F)Cl)c(C)c1. The molecule has 1 aromatic rings. The molecule has 0 fully saturated rings. The van der Waals surface area contributed by atoms with Crippen molar-refractivity contribution in [1.82, 2.24) is 0 Å². The Kier molecular flexibility index (Phi) is 7.97. The third-order valence-electron chi connectivity index (χ3n) is 4.92. The van der Waals surface area contributed by atoms with Gasteiger partial charge in [0.2, 0.25) is 0 Å². The second-order valence-corrected chi connectivity index (χ2v) is 8.22. The van der Waals surface area contributed by atoms with Crippen LogP contribution >= 0.6 is 11.6 Å². The maximum absolute atomic E-state index is 14.1. The quantitative estimate of drug-likeness (QED) is 0.228. The zero-order chi connectivity index (χ0) is 30.0. The van der Waals surface area contributed by atoms with Crippen LogP contribution in [0, 0.1) is 20.8 Å². The van der Waals surface area contributed by atoms with Crippen LogP contribution in [0.5, 0.6) is 0 Å². The Balaban J connectivity index is 3.64. The number of alkyl halides is 17. The minimum Gasteiger partial charge on any atom is -0.320 e. The highest BCUT2D eigenvalue weighted by Gasteiger charge is 2.95. The van der Waals surface area contributed by atoms with Crippen molar-refractivity contribution in [1.29, 1.82) is 0 Å². The van der Waals surface area contributed by atoms with Crippen LogP contribution in [0.2, 0.25) is 0 Å². The van der Waals surface area contributed by atoms with Crippen LogP contribution in [0.15, 0.2) is 12.1 Å². The molecule has 0 aliphatic heterocycles. The van der Waals surface area contributed by atoms with Crippen molar-refractivity contribution in [3.8, 4) is 0 Å². The summed E-state index contributed by atoms with van der Waals surface area (Å²) in [5.41, 5.74) is -0.740. The van der Waals surface area contributed by atoms with Gasteiger partial charge in [-0.2, -0.15) is 70.2 Å². The van der Waals surface area contributed by atoms with Gasteiger partial charge in [-0.15, -0.1) is 0 Å². The highest BCUT2D eigenvalue weighted by molar-refractivity contribution is 6.22. The van der Waals surface area contributed by atoms with Gasteiger partial charge in [0.1, 0.15) is 0 Å². The van der Waals surface area contributed by atoms with Crippen molar-refractivity contribution in [2.75, 3.05) is 5.32 Å². The number of halogens is 17. The van der Waals surface area contributed by atoms with Crippen LogP contribution in [-0.4, -0.2) is 52.7 Å². The molecule has 1 aromatic carbocycles. The summed E-state index contributed by atoms with van der Waals surface area (Å²) < 4.78 is 216. The van der Waals surface area contributed by atoms with Crippen LogP contribution in [0.3, 0.4) is 0 Å². The average molecular weight is 598 g/mol. The normalized spacial score (nSPS) is 15.1. The first-order chi connectivity index (χ1) is 16.0. The van der Waals surface area contributed by atoms with Crippen LogP contribution < -0.4 is 5.32 Å². The third-order valence-corrected chi connectivity index (χ3v) is 5.16. The van der Waals surface area contributed by atoms with Gasteiger partial charge >= 0.3 is 52.7 Å². The molecule has 0 saturated heterocycles. The zero-order valence-corrected chi connectivity index (χ0v) is 18.7. The van der Waals surface area contributed by atoms with E-state index in [-0.39, 0.29) is 11.1 Å². The van der Waals surface area contributed by atoms with E-state index in [9.17, 15) is 75.0 Å². The largest absolute Gasteiger partial charge is 0.393 e. The van der Waals surface area contributed by atoms with Crippen LogP contribution in [0.4, 0.5) is 75.9 Å². The van der Waals surface area contributed by atoms with Crippen LogP contribution in [-0.2, 0) is 4.79 Å². The molecule has 214 valence electrons. The van der Waals surface area contributed by atoms with Gasteiger partial charge in [0, 0.05) is 5.69 Å². The van der Waals surface area contributed by atoms with Crippen molar-refractivity contribution in [3.63, 3.8) is 0 Å². The van der Waals surface area contributed by atoms with Gasteiger partial charge in [0.15, 0.2) is 0 Å². The molecule has 1 rings (SSSR count). The molecule has 19 heteroatoms. The Labute approximate surface area is 200 Å². The Morgan fingerprint density at radius 1 is 0.595 bits per heavy atom. The summed E-state index contributed by atoms with van der Waals surface area (Å²) >= 11 is 3.45. The smallest absolute Gasteiger partial charge is 0.320 e. The van der Waals surface area contributed by atoms with Crippen molar-refractivity contribution >= 4 is 23.2 Å². The number of benzene rings is 1. The first-order valence-corrected chi connectivity index (χ1v) is 9.45. The lowest BCUT2D eigenvalue weighted by Crippen LogP contribution is -2.75. The van der Waals surface area contributed by atoms with Crippen LogP contribution in [0.25, 0.3) is 0 Å². The molecule has 0 atom stereocenters. The highest BCUT2D eigenvalue weighted by Crippen LogP contribution is 2.64. The van der Waals surface area contributed by atoms with E-state index in [1.54, 1.807) is 0 Å². The number of anilines is 1. The summed E-state index contributed by atoms with van der Waals surface area (Å²) in [6.07, 6.45) is 0. The molecule has 0 saturated carbocycles. The molecule has 0 unspecified atom stereocenters. The van der Waals surface area contributed by atoms with Gasteiger partial charge in [-0.05, 0) is 43.5 Å². The topological polar surface area (TPSA) is 29.1 Å². The number of aryl methyl sites for hydroxylation is 3. The van der Waals surface area contributed by atoms with Gasteiger partial charge in [0.05, 0.1) is 0 Å². The zero-order valence-electron chi connectivity index (χ0n) is 18.0. The number of carbonyl (C=O) groups excluding carboxylic acids is 1. The van der Waals surface area contributed by atoms with Gasteiger partial charge < -0.3 is 5.32 Å². The van der Waals surface area contributed by atoms with Crippen molar-refractivity contribution in [2.45, 2.75) is 67.6 Å². The Bertz CT molecular complexity index is 1020. The van der Waals surface area contributed by atoms with Crippen LogP contribution in [0.1, 0.15) is 16.7 Å². The number of rotatable bonds is 9. The fraction of sp³-hybridized carbons (Fsp3) is 0.611. The summed E-state index contributed by atoms with van der Waals surface area (Å²) in [6.45, 7) is 3.53. The van der Waals surface area contributed by atoms with Gasteiger partial charge in [-0.1, -0.05) is 17.7 Å². The monoisotopic (exact) mass is 597 g/mol. The first-order valence-electron chi connectivity index (χ1n) is 9.07. The van der Waals surface area contributed by atoms with Gasteiger partial charge in [-0.3, -0.25) is 4.79 Å².